The molecule has 0 amide bonds. The van der Waals surface area contributed by atoms with E-state index >= 15 is 0 Å². The molecule has 1 fully saturated rings. The molecule has 2 atom stereocenters. The summed E-state index contributed by atoms with van der Waals surface area (Å²) in [6.07, 6.45) is 1.20. The predicted octanol–water partition coefficient (Wildman–Crippen LogP) is 5.13. The standard InChI is InChI=1S/C21H21FN2O.2ClH/c1-14-18(9-6-16-3-2-11-24-21(14)16)15-4-7-17(8-5-15)25-20-10-12-23-13-19(20)22;;/h2-9,11,19-20,23H,10,12-13H2,1H3;2*1H. The Labute approximate surface area is 171 Å². The van der Waals surface area contributed by atoms with Gasteiger partial charge in [0.2, 0.25) is 0 Å². The smallest absolute Gasteiger partial charge is 0.149 e. The normalized spacial score (nSPS) is 19.0. The van der Waals surface area contributed by atoms with Crippen LogP contribution in [-0.4, -0.2) is 30.3 Å². The number of rotatable bonds is 3. The number of ether oxygens (including phenoxy) is 1. The summed E-state index contributed by atoms with van der Waals surface area (Å²) < 4.78 is 19.7. The maximum atomic E-state index is 13.9. The van der Waals surface area contributed by atoms with Gasteiger partial charge in [0.1, 0.15) is 18.0 Å². The molecule has 0 bridgehead atoms. The largest absolute Gasteiger partial charge is 0.487 e. The van der Waals surface area contributed by atoms with Crippen LogP contribution >= 0.6 is 24.8 Å². The molecule has 2 aromatic carbocycles. The molecule has 27 heavy (non-hydrogen) atoms. The van der Waals surface area contributed by atoms with Gasteiger partial charge in [-0.1, -0.05) is 30.3 Å². The summed E-state index contributed by atoms with van der Waals surface area (Å²) >= 11 is 0. The van der Waals surface area contributed by atoms with Gasteiger partial charge in [0.05, 0.1) is 5.52 Å². The molecule has 1 aliphatic heterocycles. The summed E-state index contributed by atoms with van der Waals surface area (Å²) in [5.74, 6) is 0.717. The minimum absolute atomic E-state index is 0. The van der Waals surface area contributed by atoms with Crippen molar-refractivity contribution in [3.63, 3.8) is 0 Å². The molecule has 1 aromatic heterocycles. The van der Waals surface area contributed by atoms with Crippen molar-refractivity contribution < 1.29 is 9.13 Å². The number of alkyl halides is 1. The molecule has 0 saturated carbocycles. The molecular formula is C21H23Cl2FN2O. The Bertz CT molecular complexity index is 889. The topological polar surface area (TPSA) is 34.1 Å². The summed E-state index contributed by atoms with van der Waals surface area (Å²) in [5.41, 5.74) is 4.45. The molecule has 0 aliphatic carbocycles. The van der Waals surface area contributed by atoms with E-state index in [9.17, 15) is 4.39 Å². The highest BCUT2D eigenvalue weighted by molar-refractivity contribution is 5.88. The molecule has 4 rings (SSSR count). The second kappa shape index (κ2) is 9.36. The fraction of sp³-hybridized carbons (Fsp3) is 0.286. The number of benzene rings is 2. The maximum absolute atomic E-state index is 13.9. The number of aryl methyl sites for hydroxylation is 1. The van der Waals surface area contributed by atoms with Crippen LogP contribution in [0.2, 0.25) is 0 Å². The van der Waals surface area contributed by atoms with E-state index in [-0.39, 0.29) is 30.9 Å². The summed E-state index contributed by atoms with van der Waals surface area (Å²) in [4.78, 5) is 4.50. The number of fused-ring (bicyclic) bond motifs is 1. The first-order chi connectivity index (χ1) is 12.2. The van der Waals surface area contributed by atoms with Crippen molar-refractivity contribution in [2.75, 3.05) is 13.1 Å². The maximum Gasteiger partial charge on any atom is 0.149 e. The summed E-state index contributed by atoms with van der Waals surface area (Å²) in [7, 11) is 0. The minimum Gasteiger partial charge on any atom is -0.487 e. The third-order valence-electron chi connectivity index (χ3n) is 4.83. The van der Waals surface area contributed by atoms with Crippen LogP contribution in [0.3, 0.4) is 0 Å². The van der Waals surface area contributed by atoms with Gasteiger partial charge in [-0.25, -0.2) is 4.39 Å². The lowest BCUT2D eigenvalue weighted by molar-refractivity contribution is 0.0732. The number of hydrogen-bond donors (Lipinski definition) is 1. The summed E-state index contributed by atoms with van der Waals surface area (Å²) in [6.45, 7) is 3.26. The van der Waals surface area contributed by atoms with E-state index in [1.807, 2.05) is 36.5 Å². The van der Waals surface area contributed by atoms with Crippen LogP contribution in [0.1, 0.15) is 12.0 Å². The van der Waals surface area contributed by atoms with Crippen LogP contribution in [-0.2, 0) is 0 Å². The van der Waals surface area contributed by atoms with Crippen LogP contribution in [0.4, 0.5) is 4.39 Å². The molecule has 2 unspecified atom stereocenters. The van der Waals surface area contributed by atoms with Crippen molar-refractivity contribution in [1.82, 2.24) is 10.3 Å². The second-order valence-electron chi connectivity index (χ2n) is 6.50. The van der Waals surface area contributed by atoms with Crippen molar-refractivity contribution in [3.8, 4) is 16.9 Å². The number of pyridine rings is 1. The monoisotopic (exact) mass is 408 g/mol. The molecule has 144 valence electrons. The van der Waals surface area contributed by atoms with Gasteiger partial charge >= 0.3 is 0 Å². The molecule has 1 aliphatic rings. The zero-order valence-corrected chi connectivity index (χ0v) is 16.7. The van der Waals surface area contributed by atoms with Gasteiger partial charge in [0.25, 0.3) is 0 Å². The number of piperidine rings is 1. The second-order valence-corrected chi connectivity index (χ2v) is 6.50. The van der Waals surface area contributed by atoms with Gasteiger partial charge in [0, 0.05) is 18.1 Å². The van der Waals surface area contributed by atoms with Crippen LogP contribution in [0.5, 0.6) is 5.75 Å². The van der Waals surface area contributed by atoms with E-state index in [4.69, 9.17) is 4.74 Å². The van der Waals surface area contributed by atoms with Gasteiger partial charge in [0.15, 0.2) is 0 Å². The Morgan fingerprint density at radius 1 is 1.07 bits per heavy atom. The molecule has 3 nitrogen and oxygen atoms in total. The third kappa shape index (κ3) is 4.52. The first-order valence-corrected chi connectivity index (χ1v) is 8.68. The van der Waals surface area contributed by atoms with Gasteiger partial charge < -0.3 is 10.1 Å². The number of nitrogens with one attached hydrogen (secondary N) is 1. The van der Waals surface area contributed by atoms with E-state index in [2.05, 4.69) is 35.4 Å². The number of aromatic nitrogens is 1. The van der Waals surface area contributed by atoms with Crippen LogP contribution in [0.15, 0.2) is 54.7 Å². The Kier molecular flexibility index (Phi) is 7.42. The highest BCUT2D eigenvalue weighted by atomic mass is 35.5. The van der Waals surface area contributed by atoms with Gasteiger partial charge in [-0.3, -0.25) is 4.98 Å². The minimum atomic E-state index is -0.956. The molecule has 0 radical (unpaired) electrons. The zero-order valence-electron chi connectivity index (χ0n) is 15.0. The fourth-order valence-corrected chi connectivity index (χ4v) is 3.42. The highest BCUT2D eigenvalue weighted by Gasteiger charge is 2.26. The Balaban J connectivity index is 0.00000131. The van der Waals surface area contributed by atoms with E-state index in [0.717, 1.165) is 39.9 Å². The zero-order chi connectivity index (χ0) is 17.2. The van der Waals surface area contributed by atoms with E-state index in [1.165, 1.54) is 0 Å². The third-order valence-corrected chi connectivity index (χ3v) is 4.83. The lowest BCUT2D eigenvalue weighted by Crippen LogP contribution is -2.44. The van der Waals surface area contributed by atoms with Crippen LogP contribution in [0.25, 0.3) is 22.0 Å². The highest BCUT2D eigenvalue weighted by Crippen LogP contribution is 2.30. The van der Waals surface area contributed by atoms with Crippen molar-refractivity contribution in [3.05, 3.63) is 60.3 Å². The van der Waals surface area contributed by atoms with Crippen molar-refractivity contribution >= 4 is 35.7 Å². The number of halogens is 3. The lowest BCUT2D eigenvalue weighted by Gasteiger charge is -2.27. The fourth-order valence-electron chi connectivity index (χ4n) is 3.42. The molecule has 1 saturated heterocycles. The average Bonchev–Trinajstić information content (AvgIpc) is 2.65. The van der Waals surface area contributed by atoms with Gasteiger partial charge in [-0.05, 0) is 54.8 Å². The van der Waals surface area contributed by atoms with Crippen LogP contribution in [0, 0.1) is 6.92 Å². The lowest BCUT2D eigenvalue weighted by atomic mass is 9.98. The van der Waals surface area contributed by atoms with Crippen molar-refractivity contribution in [1.29, 1.82) is 0 Å². The Morgan fingerprint density at radius 2 is 1.85 bits per heavy atom. The molecular weight excluding hydrogens is 386 g/mol. The first-order valence-electron chi connectivity index (χ1n) is 8.68. The average molecular weight is 409 g/mol. The van der Waals surface area contributed by atoms with Crippen molar-refractivity contribution in [2.45, 2.75) is 25.6 Å². The summed E-state index contributed by atoms with van der Waals surface area (Å²) in [6, 6.07) is 16.1. The van der Waals surface area contributed by atoms with Gasteiger partial charge in [-0.2, -0.15) is 0 Å². The number of hydrogen-bond acceptors (Lipinski definition) is 3. The van der Waals surface area contributed by atoms with Crippen LogP contribution < -0.4 is 10.1 Å². The van der Waals surface area contributed by atoms with Gasteiger partial charge in [-0.15, -0.1) is 24.8 Å². The van der Waals surface area contributed by atoms with Crippen molar-refractivity contribution in [2.24, 2.45) is 0 Å². The first kappa shape index (κ1) is 21.4. The summed E-state index contributed by atoms with van der Waals surface area (Å²) in [5, 5.41) is 4.18. The Hall–Kier alpha value is -1.88. The van der Waals surface area contributed by atoms with E-state index < -0.39 is 6.17 Å². The number of nitrogens with zero attached hydrogens (tertiary/aromatic N) is 1. The molecule has 0 spiro atoms. The molecule has 3 aromatic rings. The molecule has 1 N–H and O–H groups in total. The quantitative estimate of drug-likeness (QED) is 0.651. The predicted molar refractivity (Wildman–Crippen MR) is 113 cm³/mol. The molecule has 6 heteroatoms. The SMILES string of the molecule is Cc1c(-c2ccc(OC3CCNCC3F)cc2)ccc2cccnc12.Cl.Cl. The van der Waals surface area contributed by atoms with E-state index in [0.29, 0.717) is 13.0 Å². The molecule has 2 heterocycles. The van der Waals surface area contributed by atoms with E-state index in [1.54, 1.807) is 0 Å². The Morgan fingerprint density at radius 3 is 2.59 bits per heavy atom.